The van der Waals surface area contributed by atoms with E-state index in [1.54, 1.807) is 36.4 Å². The molecular formula is C36H40N4O6Si. The zero-order valence-electron chi connectivity index (χ0n) is 27.1. The van der Waals surface area contributed by atoms with Crippen molar-refractivity contribution in [2.45, 2.75) is 51.0 Å². The van der Waals surface area contributed by atoms with Gasteiger partial charge in [0.15, 0.2) is 17.5 Å². The standard InChI is InChI=1S/C36H40N4O6Si/c1-43-34-30(45-24-26-14-8-5-9-15-26)22-29(23-31(34)46-25-27-16-10-6-11-17-27)32(39-40-37)35(41)38-33(28-18-12-7-13-19-28)36(42)44-20-21-47(2,3)4/h5-19,22-23,32-33H,20-21,24-25H2,1-4H3,(H,38,41)/t32-,33-/m1/s1. The molecule has 4 aromatic carbocycles. The molecule has 0 aliphatic carbocycles. The summed E-state index contributed by atoms with van der Waals surface area (Å²) in [6.45, 7) is 7.22. The van der Waals surface area contributed by atoms with Crippen LogP contribution in [0.5, 0.6) is 17.2 Å². The first-order valence-electron chi connectivity index (χ1n) is 15.3. The summed E-state index contributed by atoms with van der Waals surface area (Å²) in [5.74, 6) is -0.418. The molecular weight excluding hydrogens is 613 g/mol. The molecule has 244 valence electrons. The number of hydrogen-bond acceptors (Lipinski definition) is 7. The fourth-order valence-electron chi connectivity index (χ4n) is 4.65. The Bertz CT molecular complexity index is 1600. The summed E-state index contributed by atoms with van der Waals surface area (Å²) in [4.78, 5) is 30.2. The number of hydrogen-bond donors (Lipinski definition) is 1. The highest BCUT2D eigenvalue weighted by molar-refractivity contribution is 6.76. The van der Waals surface area contributed by atoms with E-state index in [1.165, 1.54) is 7.11 Å². The van der Waals surface area contributed by atoms with Crippen LogP contribution in [0.2, 0.25) is 25.7 Å². The van der Waals surface area contributed by atoms with Crippen molar-refractivity contribution in [3.8, 4) is 17.2 Å². The van der Waals surface area contributed by atoms with Crippen LogP contribution in [0.3, 0.4) is 0 Å². The molecule has 0 spiro atoms. The zero-order valence-corrected chi connectivity index (χ0v) is 28.1. The molecule has 0 unspecified atom stereocenters. The van der Waals surface area contributed by atoms with Crippen LogP contribution < -0.4 is 19.5 Å². The van der Waals surface area contributed by atoms with Crippen LogP contribution in [-0.2, 0) is 27.5 Å². The molecule has 0 fully saturated rings. The van der Waals surface area contributed by atoms with E-state index in [0.29, 0.717) is 11.3 Å². The first-order valence-corrected chi connectivity index (χ1v) is 19.0. The van der Waals surface area contributed by atoms with E-state index in [9.17, 15) is 15.1 Å². The molecule has 4 aromatic rings. The lowest BCUT2D eigenvalue weighted by Gasteiger charge is -2.23. The van der Waals surface area contributed by atoms with Gasteiger partial charge in [-0.25, -0.2) is 4.79 Å². The Morgan fingerprint density at radius 2 is 1.32 bits per heavy atom. The number of benzene rings is 4. The molecule has 1 amide bonds. The molecule has 0 aliphatic heterocycles. The average molecular weight is 653 g/mol. The first kappa shape index (κ1) is 34.6. The van der Waals surface area contributed by atoms with Gasteiger partial charge in [0.05, 0.1) is 13.7 Å². The topological polar surface area (TPSA) is 132 Å². The van der Waals surface area contributed by atoms with Gasteiger partial charge in [-0.2, -0.15) is 0 Å². The maximum absolute atomic E-state index is 13.9. The third-order valence-corrected chi connectivity index (χ3v) is 8.91. The summed E-state index contributed by atoms with van der Waals surface area (Å²) >= 11 is 0. The van der Waals surface area contributed by atoms with Crippen molar-refractivity contribution in [3.05, 3.63) is 136 Å². The second-order valence-electron chi connectivity index (χ2n) is 12.0. The van der Waals surface area contributed by atoms with E-state index in [4.69, 9.17) is 18.9 Å². The van der Waals surface area contributed by atoms with Crippen molar-refractivity contribution in [3.63, 3.8) is 0 Å². The van der Waals surface area contributed by atoms with Gasteiger partial charge in [0.2, 0.25) is 11.7 Å². The normalized spacial score (nSPS) is 12.2. The minimum absolute atomic E-state index is 0.205. The number of carbonyl (C=O) groups is 2. The molecule has 11 heteroatoms. The SMILES string of the molecule is COc1c(OCc2ccccc2)cc([C@@H](N=[N+]=[N-])C(=O)N[C@@H](C(=O)OCC[Si](C)(C)C)c2ccccc2)cc1OCc1ccccc1. The monoisotopic (exact) mass is 652 g/mol. The lowest BCUT2D eigenvalue weighted by molar-refractivity contribution is -0.147. The summed E-state index contributed by atoms with van der Waals surface area (Å²) in [6.07, 6.45) is 0. The quantitative estimate of drug-likeness (QED) is 0.0430. The number of methoxy groups -OCH3 is 1. The molecule has 10 nitrogen and oxygen atoms in total. The Hall–Kier alpha value is -5.25. The molecule has 0 aliphatic rings. The van der Waals surface area contributed by atoms with Crippen molar-refractivity contribution in [2.24, 2.45) is 5.11 Å². The highest BCUT2D eigenvalue weighted by Crippen LogP contribution is 2.42. The van der Waals surface area contributed by atoms with Crippen molar-refractivity contribution in [1.82, 2.24) is 5.32 Å². The van der Waals surface area contributed by atoms with Gasteiger partial charge in [-0.1, -0.05) is 116 Å². The summed E-state index contributed by atoms with van der Waals surface area (Å²) in [5, 5.41) is 6.61. The molecule has 0 heterocycles. The van der Waals surface area contributed by atoms with Gasteiger partial charge in [0.1, 0.15) is 19.3 Å². The van der Waals surface area contributed by atoms with E-state index < -0.39 is 32.0 Å². The maximum atomic E-state index is 13.9. The lowest BCUT2D eigenvalue weighted by atomic mass is 10.0. The fraction of sp³-hybridized carbons (Fsp3) is 0.278. The van der Waals surface area contributed by atoms with Crippen LogP contribution >= 0.6 is 0 Å². The molecule has 0 bridgehead atoms. The van der Waals surface area contributed by atoms with Crippen molar-refractivity contribution in [2.75, 3.05) is 13.7 Å². The smallest absolute Gasteiger partial charge is 0.333 e. The second kappa shape index (κ2) is 16.9. The number of carbonyl (C=O) groups excluding carboxylic acids is 2. The van der Waals surface area contributed by atoms with Crippen LogP contribution in [0.4, 0.5) is 0 Å². The van der Waals surface area contributed by atoms with E-state index in [1.807, 2.05) is 66.7 Å². The number of amides is 1. The van der Waals surface area contributed by atoms with Gasteiger partial charge in [0.25, 0.3) is 0 Å². The van der Waals surface area contributed by atoms with Crippen molar-refractivity contribution >= 4 is 20.0 Å². The highest BCUT2D eigenvalue weighted by atomic mass is 28.3. The van der Waals surface area contributed by atoms with Gasteiger partial charge < -0.3 is 24.3 Å². The fourth-order valence-corrected chi connectivity index (χ4v) is 5.36. The molecule has 0 saturated carbocycles. The van der Waals surface area contributed by atoms with E-state index in [-0.39, 0.29) is 36.9 Å². The highest BCUT2D eigenvalue weighted by Gasteiger charge is 2.30. The van der Waals surface area contributed by atoms with Gasteiger partial charge >= 0.3 is 5.97 Å². The number of rotatable bonds is 16. The molecule has 0 saturated heterocycles. The van der Waals surface area contributed by atoms with Crippen LogP contribution in [0.1, 0.15) is 34.3 Å². The molecule has 1 N–H and O–H groups in total. The van der Waals surface area contributed by atoms with E-state index in [0.717, 1.165) is 17.2 Å². The predicted molar refractivity (Wildman–Crippen MR) is 183 cm³/mol. The molecule has 2 atom stereocenters. The van der Waals surface area contributed by atoms with Gasteiger partial charge in [-0.15, -0.1) is 0 Å². The summed E-state index contributed by atoms with van der Waals surface area (Å²) < 4.78 is 23.7. The number of esters is 1. The Balaban J connectivity index is 1.68. The lowest BCUT2D eigenvalue weighted by Crippen LogP contribution is -2.38. The Morgan fingerprint density at radius 1 is 0.809 bits per heavy atom. The summed E-state index contributed by atoms with van der Waals surface area (Å²) in [7, 11) is 0.0230. The minimum atomic E-state index is -1.47. The predicted octanol–water partition coefficient (Wildman–Crippen LogP) is 7.94. The number of azide groups is 1. The van der Waals surface area contributed by atoms with Gasteiger partial charge in [-0.05, 0) is 46.0 Å². The van der Waals surface area contributed by atoms with Crippen molar-refractivity contribution in [1.29, 1.82) is 0 Å². The van der Waals surface area contributed by atoms with Crippen molar-refractivity contribution < 1.29 is 28.5 Å². The van der Waals surface area contributed by atoms with Crippen LogP contribution in [0.25, 0.3) is 10.4 Å². The summed E-state index contributed by atoms with van der Waals surface area (Å²) in [5.41, 5.74) is 12.2. The first-order chi connectivity index (χ1) is 22.7. The average Bonchev–Trinajstić information content (AvgIpc) is 3.08. The number of nitrogens with one attached hydrogen (secondary N) is 1. The largest absolute Gasteiger partial charge is 0.490 e. The van der Waals surface area contributed by atoms with Crippen LogP contribution in [0, 0.1) is 0 Å². The Morgan fingerprint density at radius 3 is 1.79 bits per heavy atom. The molecule has 0 aromatic heterocycles. The summed E-state index contributed by atoms with van der Waals surface area (Å²) in [6, 6.07) is 29.4. The van der Waals surface area contributed by atoms with Crippen LogP contribution in [-0.4, -0.2) is 33.7 Å². The Kier molecular flexibility index (Phi) is 12.4. The molecule has 4 rings (SSSR count). The number of nitrogens with zero attached hydrogens (tertiary/aromatic N) is 3. The van der Waals surface area contributed by atoms with E-state index in [2.05, 4.69) is 35.0 Å². The zero-order chi connectivity index (χ0) is 33.6. The third-order valence-electron chi connectivity index (χ3n) is 7.20. The maximum Gasteiger partial charge on any atom is 0.333 e. The van der Waals surface area contributed by atoms with Gasteiger partial charge in [-0.3, -0.25) is 4.79 Å². The third kappa shape index (κ3) is 10.4. The number of ether oxygens (including phenoxy) is 4. The van der Waals surface area contributed by atoms with Crippen LogP contribution in [0.15, 0.2) is 108 Å². The molecule has 0 radical (unpaired) electrons. The Labute approximate surface area is 276 Å². The second-order valence-corrected chi connectivity index (χ2v) is 17.7. The molecule has 47 heavy (non-hydrogen) atoms. The van der Waals surface area contributed by atoms with E-state index >= 15 is 0 Å². The van der Waals surface area contributed by atoms with Gasteiger partial charge in [0, 0.05) is 13.0 Å². The minimum Gasteiger partial charge on any atom is -0.490 e.